The molecule has 1 unspecified atom stereocenters. The highest BCUT2D eigenvalue weighted by Crippen LogP contribution is 2.34. The van der Waals surface area contributed by atoms with Crippen LogP contribution in [0.5, 0.6) is 0 Å². The highest BCUT2D eigenvalue weighted by molar-refractivity contribution is 6.00. The van der Waals surface area contributed by atoms with E-state index in [0.717, 1.165) is 49.4 Å². The van der Waals surface area contributed by atoms with Crippen LogP contribution in [0.2, 0.25) is 0 Å². The van der Waals surface area contributed by atoms with Gasteiger partial charge in [-0.15, -0.1) is 0 Å². The average molecular weight is 321 g/mol. The lowest BCUT2D eigenvalue weighted by atomic mass is 9.98. The van der Waals surface area contributed by atoms with Crippen molar-refractivity contribution in [2.45, 2.75) is 32.2 Å². The second-order valence-electron chi connectivity index (χ2n) is 6.69. The first-order chi connectivity index (χ1) is 11.7. The molecule has 24 heavy (non-hydrogen) atoms. The summed E-state index contributed by atoms with van der Waals surface area (Å²) in [6.07, 6.45) is 2.97. The fourth-order valence-corrected chi connectivity index (χ4v) is 4.01. The molecule has 2 aliphatic rings. The molecule has 1 amide bonds. The fraction of sp³-hybridized carbons (Fsp3) is 0.350. The molecule has 2 heterocycles. The number of amides is 1. The molecule has 4 rings (SSSR count). The lowest BCUT2D eigenvalue weighted by Crippen LogP contribution is -2.48. The van der Waals surface area contributed by atoms with Crippen molar-refractivity contribution in [2.24, 2.45) is 0 Å². The third kappa shape index (κ3) is 2.33. The number of carbonyl (C=O) groups is 1. The molecule has 4 heteroatoms. The minimum Gasteiger partial charge on any atom is -0.398 e. The number of hydrogen-bond acceptors (Lipinski definition) is 3. The number of benzene rings is 2. The zero-order chi connectivity index (χ0) is 16.7. The molecule has 0 saturated heterocycles. The van der Waals surface area contributed by atoms with Gasteiger partial charge in [-0.25, -0.2) is 0 Å². The molecule has 2 N–H and O–H groups in total. The summed E-state index contributed by atoms with van der Waals surface area (Å²) in [5.41, 5.74) is 11.6. The maximum absolute atomic E-state index is 13.2. The Morgan fingerprint density at radius 3 is 2.71 bits per heavy atom. The van der Waals surface area contributed by atoms with Crippen LogP contribution in [0.25, 0.3) is 0 Å². The SMILES string of the molecule is CC(C(=O)N1CCc2ccccc21)N1CCCc2c(N)cccc21. The zero-order valence-electron chi connectivity index (χ0n) is 14.0. The summed E-state index contributed by atoms with van der Waals surface area (Å²) in [5.74, 6) is 0.176. The van der Waals surface area contributed by atoms with E-state index in [-0.39, 0.29) is 11.9 Å². The van der Waals surface area contributed by atoms with Crippen molar-refractivity contribution in [1.29, 1.82) is 0 Å². The van der Waals surface area contributed by atoms with Crippen molar-refractivity contribution in [1.82, 2.24) is 0 Å². The summed E-state index contributed by atoms with van der Waals surface area (Å²) in [6, 6.07) is 14.1. The second kappa shape index (κ2) is 5.86. The molecule has 0 saturated carbocycles. The van der Waals surface area contributed by atoms with Gasteiger partial charge in [0.15, 0.2) is 0 Å². The van der Waals surface area contributed by atoms with Gasteiger partial charge in [0.1, 0.15) is 6.04 Å². The van der Waals surface area contributed by atoms with Gasteiger partial charge in [0.05, 0.1) is 0 Å². The van der Waals surface area contributed by atoms with Crippen LogP contribution in [0, 0.1) is 0 Å². The zero-order valence-corrected chi connectivity index (χ0v) is 14.0. The molecular weight excluding hydrogens is 298 g/mol. The van der Waals surface area contributed by atoms with E-state index in [9.17, 15) is 4.79 Å². The molecule has 0 aliphatic carbocycles. The molecule has 0 aromatic heterocycles. The van der Waals surface area contributed by atoms with Gasteiger partial charge in [-0.05, 0) is 55.5 Å². The van der Waals surface area contributed by atoms with Crippen molar-refractivity contribution in [3.05, 3.63) is 53.6 Å². The predicted molar refractivity (Wildman–Crippen MR) is 98.5 cm³/mol. The largest absolute Gasteiger partial charge is 0.398 e. The van der Waals surface area contributed by atoms with Gasteiger partial charge >= 0.3 is 0 Å². The molecule has 4 nitrogen and oxygen atoms in total. The molecule has 124 valence electrons. The Labute approximate surface area is 142 Å². The van der Waals surface area contributed by atoms with Gasteiger partial charge in [-0.2, -0.15) is 0 Å². The summed E-state index contributed by atoms with van der Waals surface area (Å²) < 4.78 is 0. The number of nitrogens with zero attached hydrogens (tertiary/aromatic N) is 2. The lowest BCUT2D eigenvalue weighted by molar-refractivity contribution is -0.119. The third-order valence-electron chi connectivity index (χ3n) is 5.30. The molecule has 0 spiro atoms. The van der Waals surface area contributed by atoms with Crippen LogP contribution in [0.4, 0.5) is 17.1 Å². The first-order valence-electron chi connectivity index (χ1n) is 8.70. The molecule has 2 aromatic rings. The highest BCUT2D eigenvalue weighted by atomic mass is 16.2. The predicted octanol–water partition coefficient (Wildman–Crippen LogP) is 3.00. The van der Waals surface area contributed by atoms with Crippen molar-refractivity contribution in [3.63, 3.8) is 0 Å². The number of carbonyl (C=O) groups excluding carboxylic acids is 1. The van der Waals surface area contributed by atoms with E-state index in [2.05, 4.69) is 23.1 Å². The van der Waals surface area contributed by atoms with Gasteiger partial charge in [0.2, 0.25) is 5.91 Å². The van der Waals surface area contributed by atoms with Crippen LogP contribution in [-0.2, 0) is 17.6 Å². The topological polar surface area (TPSA) is 49.6 Å². The van der Waals surface area contributed by atoms with Crippen LogP contribution in [0.15, 0.2) is 42.5 Å². The number of fused-ring (bicyclic) bond motifs is 2. The standard InChI is InChI=1S/C20H23N3O/c1-14(20(24)23-13-11-15-6-2-3-9-18(15)23)22-12-5-7-16-17(21)8-4-10-19(16)22/h2-4,6,8-10,14H,5,7,11-13,21H2,1H3. The van der Waals surface area contributed by atoms with E-state index in [0.29, 0.717) is 0 Å². The van der Waals surface area contributed by atoms with E-state index in [4.69, 9.17) is 5.73 Å². The first-order valence-corrected chi connectivity index (χ1v) is 8.70. The fourth-order valence-electron chi connectivity index (χ4n) is 4.01. The van der Waals surface area contributed by atoms with Gasteiger partial charge in [-0.3, -0.25) is 4.79 Å². The van der Waals surface area contributed by atoms with Crippen molar-refractivity contribution in [3.8, 4) is 0 Å². The molecule has 1 atom stereocenters. The summed E-state index contributed by atoms with van der Waals surface area (Å²) in [4.78, 5) is 17.3. The Balaban J connectivity index is 1.63. The number of anilines is 3. The minimum absolute atomic E-state index is 0.176. The van der Waals surface area contributed by atoms with E-state index in [1.807, 2.05) is 36.1 Å². The minimum atomic E-state index is -0.183. The van der Waals surface area contributed by atoms with Crippen molar-refractivity contribution >= 4 is 23.0 Å². The van der Waals surface area contributed by atoms with Crippen LogP contribution >= 0.6 is 0 Å². The summed E-state index contributed by atoms with van der Waals surface area (Å²) in [7, 11) is 0. The molecule has 2 aromatic carbocycles. The number of para-hydroxylation sites is 1. The summed E-state index contributed by atoms with van der Waals surface area (Å²) in [5, 5.41) is 0. The molecule has 2 aliphatic heterocycles. The van der Waals surface area contributed by atoms with Crippen LogP contribution < -0.4 is 15.5 Å². The Bertz CT molecular complexity index is 786. The first kappa shape index (κ1) is 15.1. The number of nitrogens with two attached hydrogens (primary N) is 1. The van der Waals surface area contributed by atoms with E-state index >= 15 is 0 Å². The summed E-state index contributed by atoms with van der Waals surface area (Å²) >= 11 is 0. The number of hydrogen-bond donors (Lipinski definition) is 1. The van der Waals surface area contributed by atoms with Gasteiger partial charge in [0.25, 0.3) is 0 Å². The Hall–Kier alpha value is -2.49. The maximum Gasteiger partial charge on any atom is 0.249 e. The van der Waals surface area contributed by atoms with Crippen molar-refractivity contribution < 1.29 is 4.79 Å². The highest BCUT2D eigenvalue weighted by Gasteiger charge is 2.32. The van der Waals surface area contributed by atoms with Gasteiger partial charge in [-0.1, -0.05) is 24.3 Å². The van der Waals surface area contributed by atoms with Crippen molar-refractivity contribution in [2.75, 3.05) is 28.6 Å². The monoisotopic (exact) mass is 321 g/mol. The molecule has 0 bridgehead atoms. The quantitative estimate of drug-likeness (QED) is 0.865. The average Bonchev–Trinajstić information content (AvgIpc) is 3.04. The Morgan fingerprint density at radius 1 is 1.04 bits per heavy atom. The number of rotatable bonds is 2. The van der Waals surface area contributed by atoms with E-state index in [1.54, 1.807) is 0 Å². The molecule has 0 radical (unpaired) electrons. The van der Waals surface area contributed by atoms with Crippen LogP contribution in [0.3, 0.4) is 0 Å². The van der Waals surface area contributed by atoms with Crippen LogP contribution in [0.1, 0.15) is 24.5 Å². The maximum atomic E-state index is 13.2. The Kier molecular flexibility index (Phi) is 3.68. The van der Waals surface area contributed by atoms with Gasteiger partial charge in [0, 0.05) is 30.2 Å². The third-order valence-corrected chi connectivity index (χ3v) is 5.30. The Morgan fingerprint density at radius 2 is 1.83 bits per heavy atom. The molecular formula is C20H23N3O. The summed E-state index contributed by atoms with van der Waals surface area (Å²) in [6.45, 7) is 3.69. The smallest absolute Gasteiger partial charge is 0.249 e. The number of nitrogen functional groups attached to an aromatic ring is 1. The van der Waals surface area contributed by atoms with Crippen LogP contribution in [-0.4, -0.2) is 25.0 Å². The van der Waals surface area contributed by atoms with Gasteiger partial charge < -0.3 is 15.5 Å². The second-order valence-corrected chi connectivity index (χ2v) is 6.69. The lowest BCUT2D eigenvalue weighted by Gasteiger charge is -2.37. The normalized spacial score (nSPS) is 17.4. The van der Waals surface area contributed by atoms with E-state index in [1.165, 1.54) is 11.1 Å². The molecule has 0 fully saturated rings. The van der Waals surface area contributed by atoms with E-state index < -0.39 is 0 Å².